The third-order valence-corrected chi connectivity index (χ3v) is 6.50. The number of hydrogen-bond acceptors (Lipinski definition) is 3. The van der Waals surface area contributed by atoms with Crippen LogP contribution in [0.1, 0.15) is 78.1 Å². The molecule has 0 saturated heterocycles. The average molecular weight is 634 g/mol. The fourth-order valence-electron chi connectivity index (χ4n) is 2.90. The zero-order chi connectivity index (χ0) is 21.4. The molecule has 0 amide bonds. The summed E-state index contributed by atoms with van der Waals surface area (Å²) >= 11 is 4.89. The molecule has 0 aromatic rings. The van der Waals surface area contributed by atoms with E-state index in [0.717, 1.165) is 26.1 Å². The Morgan fingerprint density at radius 2 is 1.10 bits per heavy atom. The highest BCUT2D eigenvalue weighted by atomic mass is 127. The molecule has 0 radical (unpaired) electrons. The Labute approximate surface area is 208 Å². The molecule has 0 spiro atoms. The first-order valence-electron chi connectivity index (χ1n) is 11.5. The fraction of sp³-hybridized carbons (Fsp3) is 0.833. The molecule has 2 atom stereocenters. The molecule has 0 aromatic carbocycles. The van der Waals surface area contributed by atoms with Gasteiger partial charge in [0.25, 0.3) is 0 Å². The van der Waals surface area contributed by atoms with Crippen LogP contribution in [-0.2, 0) is 14.2 Å². The van der Waals surface area contributed by atoms with Crippen molar-refractivity contribution >= 4 is 45.2 Å². The van der Waals surface area contributed by atoms with E-state index in [0.29, 0.717) is 25.4 Å². The highest BCUT2D eigenvalue weighted by Gasteiger charge is 2.03. The minimum atomic E-state index is 0.323. The van der Waals surface area contributed by atoms with Gasteiger partial charge in [-0.3, -0.25) is 0 Å². The summed E-state index contributed by atoms with van der Waals surface area (Å²) in [6, 6.07) is 0. The molecule has 0 aliphatic carbocycles. The Balaban J connectivity index is 3.56. The molecule has 29 heavy (non-hydrogen) atoms. The molecule has 0 rings (SSSR count). The lowest BCUT2D eigenvalue weighted by Gasteiger charge is -2.12. The van der Waals surface area contributed by atoms with Gasteiger partial charge in [-0.25, -0.2) is 0 Å². The van der Waals surface area contributed by atoms with Crippen LogP contribution in [0.2, 0.25) is 0 Å². The van der Waals surface area contributed by atoms with Crippen molar-refractivity contribution in [2.75, 3.05) is 35.7 Å². The summed E-state index contributed by atoms with van der Waals surface area (Å²) in [5.74, 6) is 1.23. The Kier molecular flexibility index (Phi) is 25.8. The summed E-state index contributed by atoms with van der Waals surface area (Å²) in [7, 11) is 0. The van der Waals surface area contributed by atoms with E-state index in [1.807, 2.05) is 0 Å². The molecule has 0 bridgehead atoms. The monoisotopic (exact) mass is 634 g/mol. The number of halogens is 2. The first-order valence-corrected chi connectivity index (χ1v) is 14.5. The zero-order valence-electron chi connectivity index (χ0n) is 18.8. The molecule has 0 fully saturated rings. The van der Waals surface area contributed by atoms with Crippen LogP contribution < -0.4 is 0 Å². The smallest absolute Gasteiger partial charge is 0.149 e. The summed E-state index contributed by atoms with van der Waals surface area (Å²) in [5.41, 5.74) is 0. The largest absolute Gasteiger partial charge is 0.355 e. The maximum atomic E-state index is 5.60. The van der Waals surface area contributed by atoms with Gasteiger partial charge in [-0.05, 0) is 84.9 Å². The second-order valence-electron chi connectivity index (χ2n) is 7.40. The van der Waals surface area contributed by atoms with Crippen molar-refractivity contribution in [1.29, 1.82) is 0 Å². The first kappa shape index (κ1) is 29.8. The van der Waals surface area contributed by atoms with Crippen molar-refractivity contribution in [2.45, 2.75) is 78.1 Å². The lowest BCUT2D eigenvalue weighted by molar-refractivity contribution is -0.132. The Morgan fingerprint density at radius 3 is 1.48 bits per heavy atom. The maximum absolute atomic E-state index is 5.60. The second-order valence-corrected chi connectivity index (χ2v) is 9.55. The van der Waals surface area contributed by atoms with Crippen LogP contribution >= 0.6 is 45.2 Å². The summed E-state index contributed by atoms with van der Waals surface area (Å²) < 4.78 is 19.1. The molecular formula is C24H44I2O3. The highest BCUT2D eigenvalue weighted by molar-refractivity contribution is 14.1. The molecule has 5 heteroatoms. The van der Waals surface area contributed by atoms with Gasteiger partial charge in [0.15, 0.2) is 0 Å². The van der Waals surface area contributed by atoms with E-state index in [1.54, 1.807) is 0 Å². The lowest BCUT2D eigenvalue weighted by atomic mass is 10.0. The molecule has 0 saturated carbocycles. The van der Waals surface area contributed by atoms with E-state index < -0.39 is 0 Å². The van der Waals surface area contributed by atoms with Gasteiger partial charge in [0.1, 0.15) is 13.6 Å². The van der Waals surface area contributed by atoms with Crippen molar-refractivity contribution in [3.63, 3.8) is 0 Å². The second kappa shape index (κ2) is 25.1. The van der Waals surface area contributed by atoms with E-state index in [4.69, 9.17) is 14.2 Å². The van der Waals surface area contributed by atoms with E-state index in [9.17, 15) is 0 Å². The van der Waals surface area contributed by atoms with Gasteiger partial charge in [0.05, 0.1) is 0 Å². The number of ether oxygens (including phenoxy) is 3. The third-order valence-electron chi connectivity index (χ3n) is 4.97. The molecule has 0 aromatic heterocycles. The van der Waals surface area contributed by atoms with Gasteiger partial charge >= 0.3 is 0 Å². The minimum absolute atomic E-state index is 0.323. The number of alkyl halides is 2. The van der Waals surface area contributed by atoms with Crippen molar-refractivity contribution in [3.05, 3.63) is 24.3 Å². The highest BCUT2D eigenvalue weighted by Crippen LogP contribution is 2.13. The standard InChI is InChI=1S/C24H44I2O3/c1-3-23(13-9-5-7-11-17-25)15-19-27-21-29-22-28-20-16-24(4-2)14-10-6-8-12-18-26/h9-10,13-14,23-24H,3-8,11-12,15-22H2,1-2H3. The van der Waals surface area contributed by atoms with E-state index in [2.05, 4.69) is 83.3 Å². The normalized spacial score (nSPS) is 14.2. The number of hydrogen-bond donors (Lipinski definition) is 0. The van der Waals surface area contributed by atoms with Crippen molar-refractivity contribution < 1.29 is 14.2 Å². The first-order chi connectivity index (χ1) is 14.3. The summed E-state index contributed by atoms with van der Waals surface area (Å²) in [6.45, 7) is 6.63. The van der Waals surface area contributed by atoms with Gasteiger partial charge in [0, 0.05) is 13.2 Å². The zero-order valence-corrected chi connectivity index (χ0v) is 23.1. The molecule has 2 unspecified atom stereocenters. The molecule has 0 aliphatic heterocycles. The predicted molar refractivity (Wildman–Crippen MR) is 143 cm³/mol. The van der Waals surface area contributed by atoms with Crippen molar-refractivity contribution in [2.24, 2.45) is 11.8 Å². The van der Waals surface area contributed by atoms with Crippen LogP contribution in [-0.4, -0.2) is 35.7 Å². The van der Waals surface area contributed by atoms with Crippen LogP contribution in [0.15, 0.2) is 24.3 Å². The molecule has 0 aliphatic rings. The third kappa shape index (κ3) is 21.8. The molecule has 0 heterocycles. The Morgan fingerprint density at radius 1 is 0.655 bits per heavy atom. The van der Waals surface area contributed by atoms with E-state index in [1.165, 1.54) is 60.2 Å². The Hall–Kier alpha value is 0.820. The summed E-state index contributed by atoms with van der Waals surface area (Å²) in [4.78, 5) is 0. The molecular weight excluding hydrogens is 590 g/mol. The molecule has 3 nitrogen and oxygen atoms in total. The van der Waals surface area contributed by atoms with Gasteiger partial charge < -0.3 is 14.2 Å². The maximum Gasteiger partial charge on any atom is 0.149 e. The van der Waals surface area contributed by atoms with E-state index >= 15 is 0 Å². The molecule has 0 N–H and O–H groups in total. The predicted octanol–water partition coefficient (Wildman–Crippen LogP) is 8.11. The average Bonchev–Trinajstić information content (AvgIpc) is 2.74. The van der Waals surface area contributed by atoms with Crippen LogP contribution in [0.3, 0.4) is 0 Å². The van der Waals surface area contributed by atoms with Crippen molar-refractivity contribution in [1.82, 2.24) is 0 Å². The number of allylic oxidation sites excluding steroid dienone is 4. The quantitative estimate of drug-likeness (QED) is 0.0396. The SMILES string of the molecule is CCC(C=CCCCCI)CCOCOCOCCC(C=CCCCCI)CC. The van der Waals surface area contributed by atoms with Crippen LogP contribution in [0.25, 0.3) is 0 Å². The molecule has 172 valence electrons. The number of unbranched alkanes of at least 4 members (excludes halogenated alkanes) is 4. The van der Waals surface area contributed by atoms with Crippen LogP contribution in [0.4, 0.5) is 0 Å². The van der Waals surface area contributed by atoms with Crippen LogP contribution in [0.5, 0.6) is 0 Å². The fourth-order valence-corrected chi connectivity index (χ4v) is 3.98. The van der Waals surface area contributed by atoms with Gasteiger partial charge in [0.2, 0.25) is 0 Å². The van der Waals surface area contributed by atoms with Gasteiger partial charge in [-0.2, -0.15) is 0 Å². The topological polar surface area (TPSA) is 27.7 Å². The lowest BCUT2D eigenvalue weighted by Crippen LogP contribution is -2.09. The summed E-state index contributed by atoms with van der Waals surface area (Å²) in [6.07, 6.45) is 21.5. The van der Waals surface area contributed by atoms with Crippen molar-refractivity contribution in [3.8, 4) is 0 Å². The Bertz CT molecular complexity index is 341. The van der Waals surface area contributed by atoms with E-state index in [-0.39, 0.29) is 0 Å². The number of rotatable bonds is 22. The van der Waals surface area contributed by atoms with Gasteiger partial charge in [-0.1, -0.05) is 83.3 Å². The van der Waals surface area contributed by atoms with Gasteiger partial charge in [-0.15, -0.1) is 0 Å². The summed E-state index contributed by atoms with van der Waals surface area (Å²) in [5, 5.41) is 0. The van der Waals surface area contributed by atoms with Crippen LogP contribution in [0, 0.1) is 11.8 Å². The minimum Gasteiger partial charge on any atom is -0.355 e.